The lowest BCUT2D eigenvalue weighted by Gasteiger charge is -2.10. The van der Waals surface area contributed by atoms with E-state index in [1.165, 1.54) is 51.0 Å². The molecule has 1 rings (SSSR count). The van der Waals surface area contributed by atoms with E-state index in [0.717, 1.165) is 12.8 Å². The molecular weight excluding hydrogens is 347 g/mol. The lowest BCUT2D eigenvalue weighted by atomic mass is 10.0. The van der Waals surface area contributed by atoms with Crippen LogP contribution < -0.4 is 4.57 Å². The van der Waals surface area contributed by atoms with Crippen molar-refractivity contribution in [2.24, 2.45) is 7.05 Å². The molecule has 0 saturated carbocycles. The molecule has 3 nitrogen and oxygen atoms in total. The van der Waals surface area contributed by atoms with E-state index in [2.05, 4.69) is 13.5 Å². The minimum absolute atomic E-state index is 0.0798. The van der Waals surface area contributed by atoms with Crippen LogP contribution in [-0.2, 0) is 11.8 Å². The van der Waals surface area contributed by atoms with Crippen LogP contribution in [0.2, 0.25) is 0 Å². The molecule has 0 aromatic carbocycles. The molecule has 0 aliphatic rings. The van der Waals surface area contributed by atoms with Crippen LogP contribution in [0.4, 0.5) is 17.3 Å². The summed E-state index contributed by atoms with van der Waals surface area (Å²) in [6.45, 7) is 5.88. The predicted molar refractivity (Wildman–Crippen MR) is 97.3 cm³/mol. The number of aryl methyl sites for hydroxylation is 1. The maximum Gasteiger partial charge on any atom is 0.673 e. The first kappa shape index (κ1) is 24.4. The Morgan fingerprint density at radius 3 is 2.04 bits per heavy atom. The van der Waals surface area contributed by atoms with E-state index < -0.39 is 7.25 Å². The largest absolute Gasteiger partial charge is 0.673 e. The molecule has 0 aliphatic carbocycles. The van der Waals surface area contributed by atoms with Gasteiger partial charge < -0.3 is 17.3 Å². The van der Waals surface area contributed by atoms with E-state index in [4.69, 9.17) is 0 Å². The number of rotatable bonds is 12. The molecule has 0 radical (unpaired) electrons. The summed E-state index contributed by atoms with van der Waals surface area (Å²) in [7, 11) is -4.03. The molecule has 0 amide bonds. The van der Waals surface area contributed by atoms with Gasteiger partial charge in [0.15, 0.2) is 11.8 Å². The first-order chi connectivity index (χ1) is 12.2. The summed E-state index contributed by atoms with van der Waals surface area (Å²) in [5.41, 5.74) is 0. The molecule has 0 spiro atoms. The Bertz CT molecular complexity index is 512. The van der Waals surface area contributed by atoms with Gasteiger partial charge >= 0.3 is 7.25 Å². The van der Waals surface area contributed by atoms with Crippen LogP contribution in [0.15, 0.2) is 31.4 Å². The normalized spacial score (nSPS) is 12.2. The second-order valence-electron chi connectivity index (χ2n) is 6.41. The summed E-state index contributed by atoms with van der Waals surface area (Å²) >= 11 is 0. The fourth-order valence-corrected chi connectivity index (χ4v) is 2.70. The molecule has 0 aliphatic heterocycles. The Labute approximate surface area is 154 Å². The van der Waals surface area contributed by atoms with Gasteiger partial charge in [-0.2, -0.15) is 0 Å². The Balaban J connectivity index is 0.00000110. The van der Waals surface area contributed by atoms with E-state index in [0.29, 0.717) is 0 Å². The van der Waals surface area contributed by atoms with Gasteiger partial charge in [0.05, 0.1) is 7.05 Å². The van der Waals surface area contributed by atoms with E-state index in [-0.39, 0.29) is 11.8 Å². The van der Waals surface area contributed by atoms with Crippen LogP contribution in [0.25, 0.3) is 0 Å². The first-order valence-electron chi connectivity index (χ1n) is 9.25. The standard InChI is InChI=1S/C18H31N2O.BF4/c1-4-6-7-8-9-10-11-12-13-17(18(21)5-2)20-15-14-19(3)16-20;2-1(3,4)5/h5,14-17H,2,4,6-13H2,1,3H3;/q+1;-1. The van der Waals surface area contributed by atoms with E-state index >= 15 is 0 Å². The predicted octanol–water partition coefficient (Wildman–Crippen LogP) is 5.44. The summed E-state index contributed by atoms with van der Waals surface area (Å²) in [6.07, 6.45) is 18.6. The molecule has 1 heterocycles. The van der Waals surface area contributed by atoms with Crippen LogP contribution >= 0.6 is 0 Å². The smallest absolute Gasteiger partial charge is 0.418 e. The molecule has 8 heteroatoms. The summed E-state index contributed by atoms with van der Waals surface area (Å²) < 4.78 is 43.0. The molecule has 1 unspecified atom stereocenters. The Hall–Kier alpha value is -1.60. The van der Waals surface area contributed by atoms with Gasteiger partial charge in [0.1, 0.15) is 12.4 Å². The van der Waals surface area contributed by atoms with E-state index in [1.807, 2.05) is 34.9 Å². The fraction of sp³-hybridized carbons (Fsp3) is 0.667. The first-order valence-corrected chi connectivity index (χ1v) is 9.25. The summed E-state index contributed by atoms with van der Waals surface area (Å²) in [6, 6.07) is -0.0798. The third-order valence-electron chi connectivity index (χ3n) is 4.01. The molecule has 0 saturated heterocycles. The summed E-state index contributed by atoms with van der Waals surface area (Å²) in [5, 5.41) is 0. The van der Waals surface area contributed by atoms with Crippen molar-refractivity contribution in [1.29, 1.82) is 0 Å². The van der Waals surface area contributed by atoms with E-state index in [9.17, 15) is 22.1 Å². The molecule has 0 bridgehead atoms. The van der Waals surface area contributed by atoms with Crippen molar-refractivity contribution in [2.45, 2.75) is 70.8 Å². The Kier molecular flexibility index (Phi) is 12.8. The van der Waals surface area contributed by atoms with Gasteiger partial charge in [-0.3, -0.25) is 4.79 Å². The van der Waals surface area contributed by atoms with Crippen molar-refractivity contribution in [3.8, 4) is 0 Å². The topological polar surface area (TPSA) is 25.9 Å². The third-order valence-corrected chi connectivity index (χ3v) is 4.01. The van der Waals surface area contributed by atoms with Crippen LogP contribution in [0.3, 0.4) is 0 Å². The average molecular weight is 378 g/mol. The summed E-state index contributed by atoms with van der Waals surface area (Å²) in [4.78, 5) is 12.0. The fourth-order valence-electron chi connectivity index (χ4n) is 2.70. The number of halogens is 4. The number of unbranched alkanes of at least 4 members (excludes halogenated alkanes) is 7. The third kappa shape index (κ3) is 13.7. The number of allylic oxidation sites excluding steroid dienone is 1. The highest BCUT2D eigenvalue weighted by atomic mass is 19.5. The van der Waals surface area contributed by atoms with Crippen LogP contribution in [0.5, 0.6) is 0 Å². The number of carbonyl (C=O) groups is 1. The number of hydrogen-bond acceptors (Lipinski definition) is 1. The number of imidazole rings is 1. The minimum Gasteiger partial charge on any atom is -0.418 e. The molecule has 150 valence electrons. The Morgan fingerprint density at radius 2 is 1.62 bits per heavy atom. The number of carbonyl (C=O) groups excluding carboxylic acids is 1. The zero-order chi connectivity index (χ0) is 20.0. The minimum atomic E-state index is -6.00. The Morgan fingerprint density at radius 1 is 1.12 bits per heavy atom. The average Bonchev–Trinajstić information content (AvgIpc) is 2.97. The second-order valence-corrected chi connectivity index (χ2v) is 6.41. The van der Waals surface area contributed by atoms with Crippen molar-refractivity contribution in [3.05, 3.63) is 31.4 Å². The second kappa shape index (κ2) is 13.6. The molecule has 0 N–H and O–H groups in total. The van der Waals surface area contributed by atoms with Crippen molar-refractivity contribution in [1.82, 2.24) is 4.57 Å². The summed E-state index contributed by atoms with van der Waals surface area (Å²) in [5.74, 6) is 0.120. The zero-order valence-electron chi connectivity index (χ0n) is 15.8. The molecular formula is C18H31BF4N2O. The quantitative estimate of drug-likeness (QED) is 0.156. The van der Waals surface area contributed by atoms with Gasteiger partial charge in [-0.15, -0.1) is 0 Å². The van der Waals surface area contributed by atoms with Gasteiger partial charge in [-0.25, -0.2) is 9.13 Å². The lowest BCUT2D eigenvalue weighted by Crippen LogP contribution is -2.41. The highest BCUT2D eigenvalue weighted by molar-refractivity contribution is 6.50. The molecule has 26 heavy (non-hydrogen) atoms. The van der Waals surface area contributed by atoms with E-state index in [1.54, 1.807) is 0 Å². The van der Waals surface area contributed by atoms with Gasteiger partial charge in [-0.1, -0.05) is 58.4 Å². The van der Waals surface area contributed by atoms with Gasteiger partial charge in [-0.05, 0) is 18.9 Å². The van der Waals surface area contributed by atoms with Gasteiger partial charge in [0.2, 0.25) is 6.33 Å². The number of ketones is 1. The van der Waals surface area contributed by atoms with Crippen molar-refractivity contribution >= 4 is 13.0 Å². The van der Waals surface area contributed by atoms with Crippen molar-refractivity contribution in [3.63, 3.8) is 0 Å². The van der Waals surface area contributed by atoms with Gasteiger partial charge in [0, 0.05) is 0 Å². The molecule has 0 fully saturated rings. The van der Waals surface area contributed by atoms with Crippen molar-refractivity contribution in [2.75, 3.05) is 0 Å². The highest BCUT2D eigenvalue weighted by Crippen LogP contribution is 2.14. The molecule has 1 aromatic rings. The maximum atomic E-state index is 12.0. The number of hydrogen-bond donors (Lipinski definition) is 0. The lowest BCUT2D eigenvalue weighted by molar-refractivity contribution is -0.708. The molecule has 1 atom stereocenters. The highest BCUT2D eigenvalue weighted by Gasteiger charge is 2.22. The van der Waals surface area contributed by atoms with Crippen LogP contribution in [0, 0.1) is 0 Å². The van der Waals surface area contributed by atoms with Crippen LogP contribution in [-0.4, -0.2) is 17.6 Å². The number of aromatic nitrogens is 2. The molecule has 1 aromatic heterocycles. The zero-order valence-corrected chi connectivity index (χ0v) is 15.8. The van der Waals surface area contributed by atoms with Gasteiger partial charge in [0.25, 0.3) is 0 Å². The number of nitrogens with zero attached hydrogens (tertiary/aromatic N) is 2. The van der Waals surface area contributed by atoms with Crippen LogP contribution in [0.1, 0.15) is 70.8 Å². The maximum absolute atomic E-state index is 12.0. The van der Waals surface area contributed by atoms with Crippen molar-refractivity contribution < 1.29 is 26.6 Å². The SMILES string of the molecule is C=CC(=O)C(CCCCCCCCCC)[n+]1ccn(C)c1.F[B-](F)(F)F. The monoisotopic (exact) mass is 378 g/mol.